The largest absolute Gasteiger partial charge is 0.460 e. The Morgan fingerprint density at radius 3 is 2.03 bits per heavy atom. The topological polar surface area (TPSA) is 61.8 Å². The third kappa shape index (κ3) is 19.3. The van der Waals surface area contributed by atoms with Gasteiger partial charge >= 0.3 is 11.9 Å². The summed E-state index contributed by atoms with van der Waals surface area (Å²) in [7, 11) is 0. The maximum absolute atomic E-state index is 11.7. The molecular weight excluding hydrogens is 428 g/mol. The monoisotopic (exact) mass is 474 g/mol. The minimum atomic E-state index is -0.380. The van der Waals surface area contributed by atoms with Crippen molar-refractivity contribution in [2.75, 3.05) is 13.2 Å². The van der Waals surface area contributed by atoms with Crippen molar-refractivity contribution >= 4 is 11.9 Å². The molecule has 0 saturated carbocycles. The summed E-state index contributed by atoms with van der Waals surface area (Å²) < 4.78 is 16.3. The van der Waals surface area contributed by atoms with Crippen LogP contribution in [0, 0.1) is 0 Å². The highest BCUT2D eigenvalue weighted by Gasteiger charge is 2.15. The lowest BCUT2D eigenvalue weighted by molar-refractivity contribution is -0.155. The maximum atomic E-state index is 11.7. The summed E-state index contributed by atoms with van der Waals surface area (Å²) in [5.41, 5.74) is 0.618. The molecule has 5 heteroatoms. The van der Waals surface area contributed by atoms with Gasteiger partial charge in [-0.3, -0.25) is 4.79 Å². The van der Waals surface area contributed by atoms with Crippen LogP contribution in [0.1, 0.15) is 103 Å². The SMILES string of the molecule is CC(C)(C)OC(=O)CCCCCCCCOCCCCCC/C=C/C(=O)OCc1ccccc1. The van der Waals surface area contributed by atoms with Gasteiger partial charge in [-0.25, -0.2) is 4.79 Å². The Balaban J connectivity index is 1.79. The van der Waals surface area contributed by atoms with Gasteiger partial charge in [0.15, 0.2) is 0 Å². The summed E-state index contributed by atoms with van der Waals surface area (Å²) in [5, 5.41) is 0. The van der Waals surface area contributed by atoms with E-state index in [0.717, 1.165) is 70.1 Å². The van der Waals surface area contributed by atoms with E-state index in [1.54, 1.807) is 0 Å². The lowest BCUT2D eigenvalue weighted by atomic mass is 10.1. The summed E-state index contributed by atoms with van der Waals surface area (Å²) in [6.45, 7) is 7.70. The van der Waals surface area contributed by atoms with Crippen molar-refractivity contribution in [3.63, 3.8) is 0 Å². The van der Waals surface area contributed by atoms with Gasteiger partial charge in [-0.05, 0) is 58.4 Å². The molecule has 0 N–H and O–H groups in total. The summed E-state index contributed by atoms with van der Waals surface area (Å²) in [4.78, 5) is 23.3. The molecule has 0 unspecified atom stereocenters. The van der Waals surface area contributed by atoms with Gasteiger partial charge in [-0.2, -0.15) is 0 Å². The first-order valence-electron chi connectivity index (χ1n) is 13.0. The van der Waals surface area contributed by atoms with Gasteiger partial charge in [-0.15, -0.1) is 0 Å². The molecule has 1 aromatic rings. The standard InChI is InChI=1S/C29H46O5/c1-29(2,3)34-28(31)22-16-9-5-7-11-18-24-32-23-17-10-6-4-8-15-21-27(30)33-25-26-19-13-12-14-20-26/h12-15,19-21H,4-11,16-18,22-25H2,1-3H3/b21-15+. The van der Waals surface area contributed by atoms with Crippen molar-refractivity contribution in [2.45, 2.75) is 110 Å². The molecule has 0 aliphatic rings. The van der Waals surface area contributed by atoms with Gasteiger partial charge < -0.3 is 14.2 Å². The van der Waals surface area contributed by atoms with E-state index >= 15 is 0 Å². The molecule has 192 valence electrons. The molecule has 0 fully saturated rings. The zero-order valence-electron chi connectivity index (χ0n) is 21.7. The van der Waals surface area contributed by atoms with Crippen LogP contribution in [0.5, 0.6) is 0 Å². The van der Waals surface area contributed by atoms with Crippen molar-refractivity contribution in [1.82, 2.24) is 0 Å². The van der Waals surface area contributed by atoms with Gasteiger partial charge in [0, 0.05) is 25.7 Å². The number of ether oxygens (including phenoxy) is 3. The number of allylic oxidation sites excluding steroid dienone is 1. The van der Waals surface area contributed by atoms with Crippen molar-refractivity contribution in [3.05, 3.63) is 48.0 Å². The molecule has 0 saturated heterocycles. The summed E-state index contributed by atoms with van der Waals surface area (Å²) in [6, 6.07) is 9.70. The molecular formula is C29H46O5. The number of carbonyl (C=O) groups is 2. The first-order valence-corrected chi connectivity index (χ1v) is 13.0. The van der Waals surface area contributed by atoms with Crippen LogP contribution in [0.3, 0.4) is 0 Å². The first kappa shape index (κ1) is 29.9. The van der Waals surface area contributed by atoms with Gasteiger partial charge in [0.2, 0.25) is 0 Å². The predicted molar refractivity (Wildman–Crippen MR) is 137 cm³/mol. The normalized spacial score (nSPS) is 11.6. The average Bonchev–Trinajstić information content (AvgIpc) is 2.79. The Hall–Kier alpha value is -2.14. The minimum absolute atomic E-state index is 0.0865. The molecule has 0 spiro atoms. The van der Waals surface area contributed by atoms with Crippen LogP contribution >= 0.6 is 0 Å². The third-order valence-corrected chi connectivity index (χ3v) is 5.23. The zero-order valence-corrected chi connectivity index (χ0v) is 21.7. The molecule has 34 heavy (non-hydrogen) atoms. The van der Waals surface area contributed by atoms with E-state index in [2.05, 4.69) is 0 Å². The van der Waals surface area contributed by atoms with E-state index in [4.69, 9.17) is 14.2 Å². The molecule has 1 rings (SSSR count). The van der Waals surface area contributed by atoms with Crippen LogP contribution in [0.15, 0.2) is 42.5 Å². The zero-order chi connectivity index (χ0) is 24.9. The van der Waals surface area contributed by atoms with E-state index in [1.165, 1.54) is 25.3 Å². The second kappa shape index (κ2) is 19.2. The highest BCUT2D eigenvalue weighted by molar-refractivity contribution is 5.81. The Morgan fingerprint density at radius 2 is 1.38 bits per heavy atom. The first-order chi connectivity index (χ1) is 16.4. The van der Waals surface area contributed by atoms with Crippen molar-refractivity contribution in [2.24, 2.45) is 0 Å². The Bertz CT molecular complexity index is 676. The quantitative estimate of drug-likeness (QED) is 0.119. The number of hydrogen-bond donors (Lipinski definition) is 0. The number of hydrogen-bond acceptors (Lipinski definition) is 5. The molecule has 0 aliphatic carbocycles. The fraction of sp³-hybridized carbons (Fsp3) is 0.655. The lowest BCUT2D eigenvalue weighted by Gasteiger charge is -2.19. The number of esters is 2. The van der Waals surface area contributed by atoms with E-state index in [1.807, 2.05) is 57.2 Å². The van der Waals surface area contributed by atoms with E-state index in [0.29, 0.717) is 13.0 Å². The van der Waals surface area contributed by atoms with E-state index in [9.17, 15) is 9.59 Å². The molecule has 0 aromatic heterocycles. The fourth-order valence-electron chi connectivity index (χ4n) is 3.45. The minimum Gasteiger partial charge on any atom is -0.460 e. The summed E-state index contributed by atoms with van der Waals surface area (Å²) >= 11 is 0. The van der Waals surface area contributed by atoms with Gasteiger partial charge in [0.25, 0.3) is 0 Å². The average molecular weight is 475 g/mol. The number of unbranched alkanes of at least 4 members (excludes halogenated alkanes) is 9. The predicted octanol–water partition coefficient (Wildman–Crippen LogP) is 7.33. The van der Waals surface area contributed by atoms with Crippen LogP contribution in [0.4, 0.5) is 0 Å². The molecule has 0 atom stereocenters. The maximum Gasteiger partial charge on any atom is 0.330 e. The van der Waals surface area contributed by atoms with Crippen LogP contribution in [0.25, 0.3) is 0 Å². The Kier molecular flexibility index (Phi) is 16.9. The molecule has 0 aliphatic heterocycles. The lowest BCUT2D eigenvalue weighted by Crippen LogP contribution is -2.23. The highest BCUT2D eigenvalue weighted by atomic mass is 16.6. The summed E-state index contributed by atoms with van der Waals surface area (Å²) in [6.07, 6.45) is 16.0. The molecule has 0 heterocycles. The Labute approximate surface area is 207 Å². The van der Waals surface area contributed by atoms with Crippen LogP contribution in [-0.4, -0.2) is 30.8 Å². The second-order valence-corrected chi connectivity index (χ2v) is 9.77. The molecule has 5 nitrogen and oxygen atoms in total. The van der Waals surface area contributed by atoms with E-state index < -0.39 is 0 Å². The fourth-order valence-corrected chi connectivity index (χ4v) is 3.45. The summed E-state index contributed by atoms with van der Waals surface area (Å²) in [5.74, 6) is -0.366. The van der Waals surface area contributed by atoms with Gasteiger partial charge in [0.05, 0.1) is 0 Å². The molecule has 0 amide bonds. The highest BCUT2D eigenvalue weighted by Crippen LogP contribution is 2.12. The van der Waals surface area contributed by atoms with Gasteiger partial charge in [0.1, 0.15) is 12.2 Å². The van der Waals surface area contributed by atoms with Crippen LogP contribution in [-0.2, 0) is 30.4 Å². The van der Waals surface area contributed by atoms with Crippen molar-refractivity contribution in [3.8, 4) is 0 Å². The Morgan fingerprint density at radius 1 is 0.794 bits per heavy atom. The number of rotatable bonds is 19. The van der Waals surface area contributed by atoms with E-state index in [-0.39, 0.29) is 17.5 Å². The van der Waals surface area contributed by atoms with Crippen LogP contribution in [0.2, 0.25) is 0 Å². The van der Waals surface area contributed by atoms with Gasteiger partial charge in [-0.1, -0.05) is 74.9 Å². The van der Waals surface area contributed by atoms with Crippen molar-refractivity contribution in [1.29, 1.82) is 0 Å². The number of carbonyl (C=O) groups excluding carboxylic acids is 2. The third-order valence-electron chi connectivity index (χ3n) is 5.23. The van der Waals surface area contributed by atoms with Crippen LogP contribution < -0.4 is 0 Å². The molecule has 0 radical (unpaired) electrons. The number of benzene rings is 1. The molecule has 0 bridgehead atoms. The molecule has 1 aromatic carbocycles. The second-order valence-electron chi connectivity index (χ2n) is 9.77. The van der Waals surface area contributed by atoms with Crippen molar-refractivity contribution < 1.29 is 23.8 Å². The smallest absolute Gasteiger partial charge is 0.330 e.